The lowest BCUT2D eigenvalue weighted by Gasteiger charge is -2.26. The predicted molar refractivity (Wildman–Crippen MR) is 140 cm³/mol. The maximum absolute atomic E-state index is 13.7. The largest absolute Gasteiger partial charge is 0.463 e. The standard InChI is InChI=1S/C30H36O9/c1-20-13-7-4-12-18-23(38-29(33)27(35-2)21-14-8-5-9-15-21)26(32)24(19-25(31)37-20)39-30(34)28(36-3)22-16-10-6-11-17-22/h5-6,8-11,14-17,20,23-24,27-28H,4,7,12-13,18-19H2,1-3H3/t20-,23-,24+,27+,28+/m0/s1. The number of carbonyl (C=O) groups excluding carboxylic acids is 4. The first-order valence-corrected chi connectivity index (χ1v) is 13.1. The number of rotatable bonds is 8. The quantitative estimate of drug-likeness (QED) is 0.354. The molecule has 0 amide bonds. The summed E-state index contributed by atoms with van der Waals surface area (Å²) in [7, 11) is 2.72. The molecule has 0 unspecified atom stereocenters. The first kappa shape index (κ1) is 30.0. The fourth-order valence-corrected chi connectivity index (χ4v) is 4.48. The van der Waals surface area contributed by atoms with Crippen LogP contribution in [0.3, 0.4) is 0 Å². The van der Waals surface area contributed by atoms with Crippen molar-refractivity contribution < 1.29 is 42.9 Å². The van der Waals surface area contributed by atoms with Crippen molar-refractivity contribution in [2.45, 2.75) is 76.0 Å². The topological polar surface area (TPSA) is 114 Å². The highest BCUT2D eigenvalue weighted by molar-refractivity contribution is 5.94. The smallest absolute Gasteiger partial charge is 0.340 e. The van der Waals surface area contributed by atoms with Gasteiger partial charge in [-0.15, -0.1) is 0 Å². The van der Waals surface area contributed by atoms with E-state index >= 15 is 0 Å². The second-order valence-corrected chi connectivity index (χ2v) is 9.45. The average Bonchev–Trinajstić information content (AvgIpc) is 2.93. The minimum atomic E-state index is -1.53. The third-order valence-electron chi connectivity index (χ3n) is 6.52. The van der Waals surface area contributed by atoms with Gasteiger partial charge in [-0.05, 0) is 43.7 Å². The number of hydrogen-bond donors (Lipinski definition) is 0. The zero-order valence-corrected chi connectivity index (χ0v) is 22.6. The van der Waals surface area contributed by atoms with Gasteiger partial charge in [0.15, 0.2) is 24.4 Å². The third kappa shape index (κ3) is 8.73. The van der Waals surface area contributed by atoms with Crippen LogP contribution in [0.5, 0.6) is 0 Å². The minimum absolute atomic E-state index is 0.208. The van der Waals surface area contributed by atoms with Crippen LogP contribution < -0.4 is 0 Å². The summed E-state index contributed by atoms with van der Waals surface area (Å²) in [5, 5.41) is 0. The van der Waals surface area contributed by atoms with Crippen LogP contribution in [0.1, 0.15) is 68.8 Å². The van der Waals surface area contributed by atoms with Crippen molar-refractivity contribution in [3.63, 3.8) is 0 Å². The molecule has 9 nitrogen and oxygen atoms in total. The average molecular weight is 541 g/mol. The van der Waals surface area contributed by atoms with Crippen LogP contribution in [0.15, 0.2) is 60.7 Å². The third-order valence-corrected chi connectivity index (χ3v) is 6.52. The highest BCUT2D eigenvalue weighted by Gasteiger charge is 2.38. The Morgan fingerprint density at radius 1 is 0.744 bits per heavy atom. The van der Waals surface area contributed by atoms with Crippen LogP contribution in [0, 0.1) is 0 Å². The predicted octanol–water partition coefficient (Wildman–Crippen LogP) is 4.44. The Balaban J connectivity index is 1.85. The first-order chi connectivity index (χ1) is 18.8. The molecule has 0 aliphatic carbocycles. The van der Waals surface area contributed by atoms with E-state index in [0.29, 0.717) is 24.0 Å². The Bertz CT molecular complexity index is 1090. The summed E-state index contributed by atoms with van der Waals surface area (Å²) in [6, 6.07) is 17.4. The Hall–Kier alpha value is -3.56. The Morgan fingerprint density at radius 2 is 1.23 bits per heavy atom. The van der Waals surface area contributed by atoms with Crippen LogP contribution in [-0.4, -0.2) is 56.2 Å². The van der Waals surface area contributed by atoms with E-state index in [-0.39, 0.29) is 12.5 Å². The highest BCUT2D eigenvalue weighted by Crippen LogP contribution is 2.25. The molecular formula is C30H36O9. The fraction of sp³-hybridized carbons (Fsp3) is 0.467. The van der Waals surface area contributed by atoms with Crippen LogP contribution >= 0.6 is 0 Å². The van der Waals surface area contributed by atoms with Crippen LogP contribution in [0.25, 0.3) is 0 Å². The summed E-state index contributed by atoms with van der Waals surface area (Å²) >= 11 is 0. The van der Waals surface area contributed by atoms with Crippen molar-refractivity contribution in [3.8, 4) is 0 Å². The molecule has 0 aromatic heterocycles. The van der Waals surface area contributed by atoms with Gasteiger partial charge >= 0.3 is 17.9 Å². The summed E-state index contributed by atoms with van der Waals surface area (Å²) < 4.78 is 27.4. The molecule has 0 spiro atoms. The molecule has 1 aliphatic heterocycles. The lowest BCUT2D eigenvalue weighted by molar-refractivity contribution is -0.176. The van der Waals surface area contributed by atoms with Gasteiger partial charge in [-0.25, -0.2) is 9.59 Å². The highest BCUT2D eigenvalue weighted by atomic mass is 16.6. The molecule has 9 heteroatoms. The van der Waals surface area contributed by atoms with Crippen molar-refractivity contribution in [2.75, 3.05) is 14.2 Å². The number of ketones is 1. The van der Waals surface area contributed by atoms with Crippen LogP contribution in [0.4, 0.5) is 0 Å². The van der Waals surface area contributed by atoms with Crippen LogP contribution in [-0.2, 0) is 42.9 Å². The summed E-state index contributed by atoms with van der Waals surface area (Å²) in [5.41, 5.74) is 1.09. The van der Waals surface area contributed by atoms with E-state index in [4.69, 9.17) is 23.7 Å². The minimum Gasteiger partial charge on any atom is -0.463 e. The molecule has 39 heavy (non-hydrogen) atoms. The molecule has 3 rings (SSSR count). The molecule has 1 aliphatic rings. The molecule has 0 saturated carbocycles. The van der Waals surface area contributed by atoms with Gasteiger partial charge in [-0.2, -0.15) is 0 Å². The lowest BCUT2D eigenvalue weighted by atomic mass is 9.99. The van der Waals surface area contributed by atoms with Gasteiger partial charge in [0.25, 0.3) is 0 Å². The molecule has 0 N–H and O–H groups in total. The number of Topliss-reactive ketones (excluding diaryl/α,β-unsaturated/α-hetero) is 1. The number of carbonyl (C=O) groups is 4. The SMILES string of the molecule is CO[C@@H](C(=O)O[C@H]1CCCCC[C@H](C)OC(=O)C[C@@H](OC(=O)[C@H](OC)c2ccccc2)C1=O)c1ccccc1. The van der Waals surface area contributed by atoms with Crippen molar-refractivity contribution >= 4 is 23.7 Å². The molecule has 210 valence electrons. The summed E-state index contributed by atoms with van der Waals surface area (Å²) in [5.74, 6) is -2.99. The number of esters is 3. The molecule has 0 radical (unpaired) electrons. The number of ether oxygens (including phenoxy) is 5. The van der Waals surface area contributed by atoms with Gasteiger partial charge in [0.05, 0.1) is 12.5 Å². The van der Waals surface area contributed by atoms with Gasteiger partial charge in [0.1, 0.15) is 0 Å². The Kier molecular flexibility index (Phi) is 11.6. The normalized spacial score (nSPS) is 22.4. The maximum Gasteiger partial charge on any atom is 0.340 e. The molecule has 1 saturated heterocycles. The zero-order valence-electron chi connectivity index (χ0n) is 22.6. The molecular weight excluding hydrogens is 504 g/mol. The molecule has 1 fully saturated rings. The van der Waals surface area contributed by atoms with Crippen molar-refractivity contribution in [2.24, 2.45) is 0 Å². The lowest BCUT2D eigenvalue weighted by Crippen LogP contribution is -2.42. The monoisotopic (exact) mass is 540 g/mol. The number of cyclic esters (lactones) is 1. The summed E-state index contributed by atoms with van der Waals surface area (Å²) in [6.07, 6.45) is -2.87. The second-order valence-electron chi connectivity index (χ2n) is 9.45. The first-order valence-electron chi connectivity index (χ1n) is 13.1. The van der Waals surface area contributed by atoms with E-state index in [0.717, 1.165) is 12.8 Å². The Labute approximate surface area is 228 Å². The van der Waals surface area contributed by atoms with Gasteiger partial charge in [0, 0.05) is 14.2 Å². The van der Waals surface area contributed by atoms with E-state index in [1.807, 2.05) is 0 Å². The molecule has 0 bridgehead atoms. The maximum atomic E-state index is 13.7. The van der Waals surface area contributed by atoms with E-state index < -0.39 is 54.5 Å². The van der Waals surface area contributed by atoms with Crippen molar-refractivity contribution in [3.05, 3.63) is 71.8 Å². The van der Waals surface area contributed by atoms with Gasteiger partial charge in [-0.3, -0.25) is 9.59 Å². The molecule has 5 atom stereocenters. The summed E-state index contributed by atoms with van der Waals surface area (Å²) in [6.45, 7) is 1.78. The van der Waals surface area contributed by atoms with E-state index in [9.17, 15) is 19.2 Å². The number of hydrogen-bond acceptors (Lipinski definition) is 9. The van der Waals surface area contributed by atoms with Gasteiger partial charge in [-0.1, -0.05) is 67.1 Å². The zero-order chi connectivity index (χ0) is 28.2. The van der Waals surface area contributed by atoms with Crippen molar-refractivity contribution in [1.29, 1.82) is 0 Å². The van der Waals surface area contributed by atoms with Gasteiger partial charge < -0.3 is 23.7 Å². The molecule has 2 aromatic carbocycles. The van der Waals surface area contributed by atoms with Crippen LogP contribution in [0.2, 0.25) is 0 Å². The van der Waals surface area contributed by atoms with E-state index in [1.54, 1.807) is 67.6 Å². The van der Waals surface area contributed by atoms with Crippen molar-refractivity contribution in [1.82, 2.24) is 0 Å². The van der Waals surface area contributed by atoms with Gasteiger partial charge in [0.2, 0.25) is 5.78 Å². The Morgan fingerprint density at radius 3 is 1.74 bits per heavy atom. The fourth-order valence-electron chi connectivity index (χ4n) is 4.48. The van der Waals surface area contributed by atoms with E-state index in [1.165, 1.54) is 14.2 Å². The summed E-state index contributed by atoms with van der Waals surface area (Å²) in [4.78, 5) is 52.7. The second kappa shape index (κ2) is 15.1. The van der Waals surface area contributed by atoms with E-state index in [2.05, 4.69) is 0 Å². The number of benzene rings is 2. The number of methoxy groups -OCH3 is 2. The molecule has 1 heterocycles. The molecule has 2 aromatic rings.